The van der Waals surface area contributed by atoms with Crippen molar-refractivity contribution in [2.24, 2.45) is 0 Å². The van der Waals surface area contributed by atoms with Gasteiger partial charge in [-0.1, -0.05) is 35.9 Å². The molecule has 1 aliphatic heterocycles. The Morgan fingerprint density at radius 3 is 2.55 bits per heavy atom. The second-order valence-electron chi connectivity index (χ2n) is 6.79. The fourth-order valence-corrected chi connectivity index (χ4v) is 4.24. The van der Waals surface area contributed by atoms with Crippen LogP contribution in [0.15, 0.2) is 60.7 Å². The molecule has 148 valence electrons. The van der Waals surface area contributed by atoms with Crippen LogP contribution in [0.3, 0.4) is 0 Å². The Balaban J connectivity index is 1.35. The molecule has 0 atom stereocenters. The van der Waals surface area contributed by atoms with Gasteiger partial charge >= 0.3 is 0 Å². The number of hydrogen-bond donors (Lipinski definition) is 2. The summed E-state index contributed by atoms with van der Waals surface area (Å²) in [5.41, 5.74) is 3.07. The average molecular weight is 426 g/mol. The van der Waals surface area contributed by atoms with Gasteiger partial charge in [0.1, 0.15) is 0 Å². The van der Waals surface area contributed by atoms with E-state index in [-0.39, 0.29) is 11.8 Å². The Bertz CT molecular complexity index is 1020. The summed E-state index contributed by atoms with van der Waals surface area (Å²) < 4.78 is 0. The van der Waals surface area contributed by atoms with Crippen LogP contribution in [0.4, 0.5) is 5.69 Å². The number of carbonyl (C=O) groups excluding carboxylic acids is 2. The molecule has 29 heavy (non-hydrogen) atoms. The van der Waals surface area contributed by atoms with Gasteiger partial charge in [0.05, 0.1) is 11.4 Å². The molecule has 2 heterocycles. The molecule has 0 radical (unpaired) electrons. The number of thiophene rings is 1. The third-order valence-corrected chi connectivity index (χ3v) is 6.14. The Morgan fingerprint density at radius 1 is 1.07 bits per heavy atom. The quantitative estimate of drug-likeness (QED) is 0.651. The van der Waals surface area contributed by atoms with Gasteiger partial charge in [-0.15, -0.1) is 11.3 Å². The number of nitrogens with one attached hydrogen (secondary N) is 2. The van der Waals surface area contributed by atoms with Crippen LogP contribution in [-0.2, 0) is 11.3 Å². The largest absolute Gasteiger partial charge is 0.360 e. The summed E-state index contributed by atoms with van der Waals surface area (Å²) in [6, 6.07) is 19.3. The molecular weight excluding hydrogens is 406 g/mol. The van der Waals surface area contributed by atoms with Gasteiger partial charge in [-0.05, 0) is 47.5 Å². The van der Waals surface area contributed by atoms with Crippen molar-refractivity contribution in [1.29, 1.82) is 0 Å². The molecule has 1 aliphatic rings. The second-order valence-corrected chi connectivity index (χ2v) is 8.31. The highest BCUT2D eigenvalue weighted by atomic mass is 35.5. The van der Waals surface area contributed by atoms with E-state index in [0.717, 1.165) is 28.2 Å². The van der Waals surface area contributed by atoms with Crippen molar-refractivity contribution in [2.45, 2.75) is 6.54 Å². The molecular formula is C22H20ClN3O2S. The van der Waals surface area contributed by atoms with E-state index in [1.54, 1.807) is 0 Å². The zero-order valence-electron chi connectivity index (χ0n) is 15.7. The standard InChI is InChI=1S/C22H20ClN3O2S/c23-17-5-3-16(4-6-17)19-9-10-20(29-19)22(28)25-13-15-1-7-18(8-2-15)26-12-11-24-21(27)14-26/h1-10H,11-14H2,(H,24,27)(H,25,28). The summed E-state index contributed by atoms with van der Waals surface area (Å²) in [4.78, 5) is 27.8. The molecule has 1 fully saturated rings. The minimum atomic E-state index is -0.0907. The molecule has 0 saturated carbocycles. The van der Waals surface area contributed by atoms with Gasteiger partial charge < -0.3 is 15.5 Å². The SMILES string of the molecule is O=C1CN(c2ccc(CNC(=O)c3ccc(-c4ccc(Cl)cc4)s3)cc2)CCN1. The molecule has 2 aromatic carbocycles. The smallest absolute Gasteiger partial charge is 0.261 e. The average Bonchev–Trinajstić information content (AvgIpc) is 3.23. The second kappa shape index (κ2) is 8.68. The maximum absolute atomic E-state index is 12.5. The van der Waals surface area contributed by atoms with Crippen LogP contribution < -0.4 is 15.5 Å². The first-order chi connectivity index (χ1) is 14.1. The van der Waals surface area contributed by atoms with Gasteiger partial charge in [-0.2, -0.15) is 0 Å². The lowest BCUT2D eigenvalue weighted by Gasteiger charge is -2.28. The van der Waals surface area contributed by atoms with E-state index in [2.05, 4.69) is 10.6 Å². The van der Waals surface area contributed by atoms with Crippen LogP contribution in [0.2, 0.25) is 5.02 Å². The number of hydrogen-bond acceptors (Lipinski definition) is 4. The van der Waals surface area contributed by atoms with Crippen molar-refractivity contribution in [3.8, 4) is 10.4 Å². The minimum absolute atomic E-state index is 0.0431. The monoisotopic (exact) mass is 425 g/mol. The number of benzene rings is 2. The normalized spacial score (nSPS) is 13.8. The molecule has 4 rings (SSSR count). The van der Waals surface area contributed by atoms with Crippen molar-refractivity contribution >= 4 is 40.4 Å². The number of piperazine rings is 1. The third kappa shape index (κ3) is 4.78. The van der Waals surface area contributed by atoms with Gasteiger partial charge in [0.2, 0.25) is 5.91 Å². The number of rotatable bonds is 5. The Kier molecular flexibility index (Phi) is 5.83. The number of amides is 2. The minimum Gasteiger partial charge on any atom is -0.360 e. The lowest BCUT2D eigenvalue weighted by molar-refractivity contribution is -0.120. The van der Waals surface area contributed by atoms with Gasteiger partial charge in [-0.3, -0.25) is 9.59 Å². The maximum atomic E-state index is 12.5. The lowest BCUT2D eigenvalue weighted by atomic mass is 10.1. The first-order valence-electron chi connectivity index (χ1n) is 9.33. The highest BCUT2D eigenvalue weighted by Gasteiger charge is 2.16. The fraction of sp³-hybridized carbons (Fsp3) is 0.182. The van der Waals surface area contributed by atoms with Crippen LogP contribution in [0, 0.1) is 0 Å². The van der Waals surface area contributed by atoms with Crippen LogP contribution >= 0.6 is 22.9 Å². The highest BCUT2D eigenvalue weighted by molar-refractivity contribution is 7.17. The number of carbonyl (C=O) groups is 2. The molecule has 1 aromatic heterocycles. The number of anilines is 1. The van der Waals surface area contributed by atoms with E-state index in [4.69, 9.17) is 11.6 Å². The van der Waals surface area contributed by atoms with Crippen molar-refractivity contribution in [2.75, 3.05) is 24.5 Å². The predicted octanol–water partition coefficient (Wildman–Crippen LogP) is 3.93. The van der Waals surface area contributed by atoms with Crippen molar-refractivity contribution < 1.29 is 9.59 Å². The molecule has 0 bridgehead atoms. The first-order valence-corrected chi connectivity index (χ1v) is 10.5. The van der Waals surface area contributed by atoms with Gasteiger partial charge in [0.25, 0.3) is 5.91 Å². The summed E-state index contributed by atoms with van der Waals surface area (Å²) in [7, 11) is 0. The molecule has 0 aliphatic carbocycles. The van der Waals surface area contributed by atoms with Crippen LogP contribution in [0.5, 0.6) is 0 Å². The van der Waals surface area contributed by atoms with E-state index < -0.39 is 0 Å². The van der Waals surface area contributed by atoms with E-state index in [1.165, 1.54) is 11.3 Å². The third-order valence-electron chi connectivity index (χ3n) is 4.75. The van der Waals surface area contributed by atoms with Gasteiger partial charge in [0, 0.05) is 35.2 Å². The molecule has 2 amide bonds. The fourth-order valence-electron chi connectivity index (χ4n) is 3.18. The Morgan fingerprint density at radius 2 is 1.83 bits per heavy atom. The number of nitrogens with zero attached hydrogens (tertiary/aromatic N) is 1. The molecule has 1 saturated heterocycles. The molecule has 2 N–H and O–H groups in total. The molecule has 0 spiro atoms. The van der Waals surface area contributed by atoms with Crippen LogP contribution in [0.25, 0.3) is 10.4 Å². The topological polar surface area (TPSA) is 61.4 Å². The summed E-state index contributed by atoms with van der Waals surface area (Å²) in [6.45, 7) is 2.30. The van der Waals surface area contributed by atoms with Crippen molar-refractivity contribution in [3.05, 3.63) is 76.1 Å². The lowest BCUT2D eigenvalue weighted by Crippen LogP contribution is -2.47. The van der Waals surface area contributed by atoms with Crippen LogP contribution in [-0.4, -0.2) is 31.4 Å². The Hall–Kier alpha value is -2.83. The van der Waals surface area contributed by atoms with Crippen molar-refractivity contribution in [3.63, 3.8) is 0 Å². The molecule has 0 unspecified atom stereocenters. The van der Waals surface area contributed by atoms with E-state index >= 15 is 0 Å². The number of halogens is 1. The molecule has 5 nitrogen and oxygen atoms in total. The highest BCUT2D eigenvalue weighted by Crippen LogP contribution is 2.29. The van der Waals surface area contributed by atoms with Gasteiger partial charge in [-0.25, -0.2) is 0 Å². The summed E-state index contributed by atoms with van der Waals surface area (Å²) in [6.07, 6.45) is 0. The zero-order valence-corrected chi connectivity index (χ0v) is 17.2. The summed E-state index contributed by atoms with van der Waals surface area (Å²) >= 11 is 7.39. The molecule has 7 heteroatoms. The van der Waals surface area contributed by atoms with E-state index in [1.807, 2.05) is 65.6 Å². The molecule has 3 aromatic rings. The van der Waals surface area contributed by atoms with Gasteiger partial charge in [0.15, 0.2) is 0 Å². The van der Waals surface area contributed by atoms with Crippen LogP contribution in [0.1, 0.15) is 15.2 Å². The summed E-state index contributed by atoms with van der Waals surface area (Å²) in [5.74, 6) is -0.0477. The Labute approximate surface area is 178 Å². The van der Waals surface area contributed by atoms with Crippen molar-refractivity contribution in [1.82, 2.24) is 10.6 Å². The van der Waals surface area contributed by atoms with E-state index in [0.29, 0.717) is 29.5 Å². The van der Waals surface area contributed by atoms with E-state index in [9.17, 15) is 9.59 Å². The summed E-state index contributed by atoms with van der Waals surface area (Å²) in [5, 5.41) is 6.48. The maximum Gasteiger partial charge on any atom is 0.261 e. The first kappa shape index (κ1) is 19.5. The predicted molar refractivity (Wildman–Crippen MR) is 118 cm³/mol. The zero-order chi connectivity index (χ0) is 20.2.